The zero-order valence-corrected chi connectivity index (χ0v) is 13.2. The van der Waals surface area contributed by atoms with Crippen LogP contribution in [0.25, 0.3) is 0 Å². The van der Waals surface area contributed by atoms with Gasteiger partial charge in [-0.1, -0.05) is 42.5 Å². The predicted molar refractivity (Wildman–Crippen MR) is 89.7 cm³/mol. The number of rotatable bonds is 2. The van der Waals surface area contributed by atoms with Crippen molar-refractivity contribution in [2.75, 3.05) is 18.1 Å². The number of aryl methyl sites for hydroxylation is 1. The molecule has 2 aromatic rings. The van der Waals surface area contributed by atoms with E-state index in [4.69, 9.17) is 10.6 Å². The summed E-state index contributed by atoms with van der Waals surface area (Å²) < 4.78 is 5.42. The van der Waals surface area contributed by atoms with Crippen LogP contribution in [0.4, 0.5) is 10.5 Å². The number of fused-ring (bicyclic) bond motifs is 1. The molecule has 2 N–H and O–H groups in total. The Kier molecular flexibility index (Phi) is 4.48. The smallest absolute Gasteiger partial charge is 0.410 e. The monoisotopic (exact) mass is 311 g/mol. The maximum Gasteiger partial charge on any atom is 0.410 e. The highest BCUT2D eigenvalue weighted by molar-refractivity contribution is 5.69. The van der Waals surface area contributed by atoms with Gasteiger partial charge in [0.1, 0.15) is 6.61 Å². The highest BCUT2D eigenvalue weighted by Gasteiger charge is 2.22. The van der Waals surface area contributed by atoms with Crippen LogP contribution in [0, 0.1) is 6.92 Å². The third kappa shape index (κ3) is 3.63. The van der Waals surface area contributed by atoms with Gasteiger partial charge in [-0.15, -0.1) is 0 Å². The molecular formula is C18H21N3O2. The first kappa shape index (κ1) is 15.4. The number of anilines is 1. The Hall–Kier alpha value is -2.53. The number of ether oxygens (including phenoxy) is 1. The van der Waals surface area contributed by atoms with E-state index in [1.807, 2.05) is 55.5 Å². The second-order valence-electron chi connectivity index (χ2n) is 5.79. The lowest BCUT2D eigenvalue weighted by atomic mass is 10.1. The molecule has 0 atom stereocenters. The maximum absolute atomic E-state index is 12.4. The Morgan fingerprint density at radius 1 is 1.17 bits per heavy atom. The van der Waals surface area contributed by atoms with E-state index in [2.05, 4.69) is 0 Å². The zero-order valence-electron chi connectivity index (χ0n) is 13.2. The van der Waals surface area contributed by atoms with Crippen LogP contribution in [0.1, 0.15) is 16.7 Å². The van der Waals surface area contributed by atoms with Crippen molar-refractivity contribution in [3.8, 4) is 0 Å². The summed E-state index contributed by atoms with van der Waals surface area (Å²) in [5.41, 5.74) is 4.14. The van der Waals surface area contributed by atoms with Crippen LogP contribution in [0.2, 0.25) is 0 Å². The number of hydrogen-bond acceptors (Lipinski definition) is 4. The van der Waals surface area contributed by atoms with Gasteiger partial charge in [0.25, 0.3) is 0 Å². The average molecular weight is 311 g/mol. The summed E-state index contributed by atoms with van der Waals surface area (Å²) in [5.74, 6) is 6.10. The molecule has 5 heteroatoms. The molecule has 5 nitrogen and oxygen atoms in total. The number of amides is 1. The summed E-state index contributed by atoms with van der Waals surface area (Å²) in [7, 11) is 0. The molecule has 0 saturated carbocycles. The third-order valence-electron chi connectivity index (χ3n) is 3.99. The van der Waals surface area contributed by atoms with E-state index in [0.717, 1.165) is 22.4 Å². The number of nitrogens with two attached hydrogens (primary N) is 1. The van der Waals surface area contributed by atoms with E-state index >= 15 is 0 Å². The summed E-state index contributed by atoms with van der Waals surface area (Å²) in [4.78, 5) is 14.1. The molecule has 0 fully saturated rings. The van der Waals surface area contributed by atoms with Crippen LogP contribution in [-0.2, 0) is 17.9 Å². The Labute approximate surface area is 136 Å². The van der Waals surface area contributed by atoms with Gasteiger partial charge in [-0.2, -0.15) is 0 Å². The number of hydrogen-bond donors (Lipinski definition) is 1. The van der Waals surface area contributed by atoms with Gasteiger partial charge in [-0.05, 0) is 29.7 Å². The van der Waals surface area contributed by atoms with E-state index in [1.54, 1.807) is 9.91 Å². The summed E-state index contributed by atoms with van der Waals surface area (Å²) in [5, 5.41) is 1.70. The summed E-state index contributed by atoms with van der Waals surface area (Å²) in [6.07, 6.45) is -0.310. The van der Waals surface area contributed by atoms with E-state index < -0.39 is 0 Å². The van der Waals surface area contributed by atoms with E-state index in [1.165, 1.54) is 0 Å². The fourth-order valence-corrected chi connectivity index (χ4v) is 2.67. The van der Waals surface area contributed by atoms with Crippen LogP contribution in [0.5, 0.6) is 0 Å². The van der Waals surface area contributed by atoms with Crippen molar-refractivity contribution in [2.24, 2.45) is 5.84 Å². The van der Waals surface area contributed by atoms with Gasteiger partial charge in [-0.3, -0.25) is 0 Å². The first-order valence-electron chi connectivity index (χ1n) is 7.71. The summed E-state index contributed by atoms with van der Waals surface area (Å²) >= 11 is 0. The quantitative estimate of drug-likeness (QED) is 0.867. The van der Waals surface area contributed by atoms with Gasteiger partial charge in [0.2, 0.25) is 0 Å². The second kappa shape index (κ2) is 6.71. The lowest BCUT2D eigenvalue weighted by molar-refractivity contribution is 0.0954. The molecule has 0 bridgehead atoms. The summed E-state index contributed by atoms with van der Waals surface area (Å²) in [6, 6.07) is 15.8. The number of nitrogens with zero attached hydrogens (tertiary/aromatic N) is 2. The minimum Gasteiger partial charge on any atom is -0.445 e. The molecule has 0 unspecified atom stereocenters. The molecule has 1 amide bonds. The van der Waals surface area contributed by atoms with Crippen LogP contribution in [0.15, 0.2) is 48.5 Å². The fourth-order valence-electron chi connectivity index (χ4n) is 2.67. The predicted octanol–water partition coefficient (Wildman–Crippen LogP) is 2.83. The Bertz CT molecular complexity index is 688. The van der Waals surface area contributed by atoms with Gasteiger partial charge in [-0.25, -0.2) is 10.6 Å². The molecule has 1 aliphatic rings. The number of carbonyl (C=O) groups excluding carboxylic acids is 1. The lowest BCUT2D eigenvalue weighted by Gasteiger charge is -2.20. The van der Waals surface area contributed by atoms with Gasteiger partial charge in [0, 0.05) is 6.54 Å². The average Bonchev–Trinajstić information content (AvgIpc) is 2.73. The number of benzene rings is 2. The van der Waals surface area contributed by atoms with Crippen LogP contribution in [-0.4, -0.2) is 24.1 Å². The number of carbonyl (C=O) groups is 1. The summed E-state index contributed by atoms with van der Waals surface area (Å²) in [6.45, 7) is 3.94. The standard InChI is InChI=1S/C18H21N3O2/c1-14-7-8-16-12-20(9-10-21(19)17(16)11-14)18(22)23-13-15-5-3-2-4-6-15/h2-8,11H,9-10,12-13,19H2,1H3. The molecule has 3 rings (SSSR count). The largest absolute Gasteiger partial charge is 0.445 e. The molecule has 0 saturated heterocycles. The van der Waals surface area contributed by atoms with Crippen molar-refractivity contribution in [2.45, 2.75) is 20.1 Å². The molecule has 0 radical (unpaired) electrons. The highest BCUT2D eigenvalue weighted by atomic mass is 16.6. The second-order valence-corrected chi connectivity index (χ2v) is 5.79. The van der Waals surface area contributed by atoms with Crippen molar-refractivity contribution in [3.05, 3.63) is 65.2 Å². The van der Waals surface area contributed by atoms with Gasteiger partial charge in [0.15, 0.2) is 0 Å². The molecule has 0 spiro atoms. The number of hydrazine groups is 1. The minimum absolute atomic E-state index is 0.281. The highest BCUT2D eigenvalue weighted by Crippen LogP contribution is 2.24. The molecule has 0 aromatic heterocycles. The molecule has 1 aliphatic heterocycles. The van der Waals surface area contributed by atoms with Gasteiger partial charge >= 0.3 is 6.09 Å². The third-order valence-corrected chi connectivity index (χ3v) is 3.99. The normalized spacial score (nSPS) is 14.2. The van der Waals surface area contributed by atoms with Crippen molar-refractivity contribution < 1.29 is 9.53 Å². The first-order chi connectivity index (χ1) is 11.1. The Morgan fingerprint density at radius 3 is 2.74 bits per heavy atom. The lowest BCUT2D eigenvalue weighted by Crippen LogP contribution is -2.38. The Morgan fingerprint density at radius 2 is 1.96 bits per heavy atom. The molecule has 1 heterocycles. The van der Waals surface area contributed by atoms with Crippen molar-refractivity contribution in [1.82, 2.24) is 4.90 Å². The van der Waals surface area contributed by atoms with Gasteiger partial charge in [0.05, 0.1) is 18.8 Å². The van der Waals surface area contributed by atoms with Crippen molar-refractivity contribution >= 4 is 11.8 Å². The molecule has 23 heavy (non-hydrogen) atoms. The maximum atomic E-state index is 12.4. The van der Waals surface area contributed by atoms with Crippen LogP contribution in [0.3, 0.4) is 0 Å². The van der Waals surface area contributed by atoms with Crippen molar-refractivity contribution in [3.63, 3.8) is 0 Å². The fraction of sp³-hybridized carbons (Fsp3) is 0.278. The first-order valence-corrected chi connectivity index (χ1v) is 7.71. The van der Waals surface area contributed by atoms with Gasteiger partial charge < -0.3 is 14.6 Å². The zero-order chi connectivity index (χ0) is 16.2. The van der Waals surface area contributed by atoms with E-state index in [-0.39, 0.29) is 12.7 Å². The molecule has 2 aromatic carbocycles. The Balaban J connectivity index is 1.68. The van der Waals surface area contributed by atoms with Crippen LogP contribution >= 0.6 is 0 Å². The van der Waals surface area contributed by atoms with Crippen molar-refractivity contribution in [1.29, 1.82) is 0 Å². The molecule has 120 valence electrons. The molecular weight excluding hydrogens is 290 g/mol. The SMILES string of the molecule is Cc1ccc2c(c1)N(N)CCN(C(=O)OCc1ccccc1)C2. The minimum atomic E-state index is -0.310. The van der Waals surface area contributed by atoms with E-state index in [0.29, 0.717) is 19.6 Å². The van der Waals surface area contributed by atoms with Crippen LogP contribution < -0.4 is 10.9 Å². The molecule has 0 aliphatic carbocycles. The van der Waals surface area contributed by atoms with E-state index in [9.17, 15) is 4.79 Å². The topological polar surface area (TPSA) is 58.8 Å².